The van der Waals surface area contributed by atoms with Gasteiger partial charge >= 0.3 is 0 Å². The molecule has 3 aromatic heterocycles. The Morgan fingerprint density at radius 2 is 0.568 bits per heavy atom. The number of aromatic nitrogens is 3. The van der Waals surface area contributed by atoms with Crippen LogP contribution in [0.25, 0.3) is 0 Å². The van der Waals surface area contributed by atoms with E-state index in [1.54, 1.807) is 7.11 Å². The summed E-state index contributed by atoms with van der Waals surface area (Å²) in [4.78, 5) is 14.6. The second-order valence-electron chi connectivity index (χ2n) is 24.0. The minimum Gasteiger partial charge on any atom is -0.497 e. The third-order valence-electron chi connectivity index (χ3n) is 15.8. The molecule has 7 rings (SSSR count). The predicted molar refractivity (Wildman–Crippen MR) is 348 cm³/mol. The van der Waals surface area contributed by atoms with E-state index in [2.05, 4.69) is 258 Å². The summed E-state index contributed by atoms with van der Waals surface area (Å²) in [6, 6.07) is 51.9. The monoisotopic (exact) mass is 1110 g/mol. The van der Waals surface area contributed by atoms with Crippen molar-refractivity contribution in [1.82, 2.24) is 15.0 Å². The largest absolute Gasteiger partial charge is 0.497 e. The van der Waals surface area contributed by atoms with Gasteiger partial charge in [-0.3, -0.25) is 0 Å². The summed E-state index contributed by atoms with van der Waals surface area (Å²) in [5.74, 6) is 31.3. The van der Waals surface area contributed by atoms with Crippen molar-refractivity contribution >= 4 is 24.2 Å². The highest BCUT2D eigenvalue weighted by Gasteiger charge is 2.43. The molecule has 0 spiro atoms. The van der Waals surface area contributed by atoms with Crippen molar-refractivity contribution in [2.24, 2.45) is 0 Å². The van der Waals surface area contributed by atoms with Gasteiger partial charge in [-0.25, -0.2) is 15.0 Å². The maximum atomic E-state index is 5.72. The van der Waals surface area contributed by atoms with Crippen LogP contribution in [0.3, 0.4) is 0 Å². The molecular formula is C74H79N3OSi3. The summed E-state index contributed by atoms with van der Waals surface area (Å²) >= 11 is 0. The normalized spacial score (nSPS) is 11.5. The molecule has 408 valence electrons. The van der Waals surface area contributed by atoms with Gasteiger partial charge in [0.25, 0.3) is 0 Å². The number of rotatable bonds is 11. The Balaban J connectivity index is 1.31. The molecule has 0 aliphatic rings. The number of methoxy groups -OCH3 is 1. The van der Waals surface area contributed by atoms with Gasteiger partial charge in [0.15, 0.2) is 0 Å². The molecule has 3 heterocycles. The second-order valence-corrected chi connectivity index (χ2v) is 39.9. The average Bonchev–Trinajstić information content (AvgIpc) is 3.64. The van der Waals surface area contributed by atoms with E-state index in [1.807, 2.05) is 66.7 Å². The summed E-state index contributed by atoms with van der Waals surface area (Å²) in [5, 5.41) is 0. The molecule has 4 aromatic carbocycles. The first-order valence-electron chi connectivity index (χ1n) is 28.6. The molecule has 0 bridgehead atoms. The molecular weight excluding hydrogens is 1030 g/mol. The van der Waals surface area contributed by atoms with E-state index >= 15 is 0 Å². The highest BCUT2D eigenvalue weighted by atomic mass is 28.3. The Morgan fingerprint density at radius 3 is 0.815 bits per heavy atom. The molecule has 0 fully saturated rings. The van der Waals surface area contributed by atoms with Crippen LogP contribution in [0.5, 0.6) is 5.75 Å². The summed E-state index contributed by atoms with van der Waals surface area (Å²) in [6.07, 6.45) is 0. The van der Waals surface area contributed by atoms with Gasteiger partial charge in [-0.1, -0.05) is 205 Å². The van der Waals surface area contributed by atoms with Gasteiger partial charge in [0.2, 0.25) is 0 Å². The maximum Gasteiger partial charge on any atom is 0.146 e. The van der Waals surface area contributed by atoms with E-state index in [0.29, 0.717) is 50.3 Å². The zero-order valence-corrected chi connectivity index (χ0v) is 53.6. The van der Waals surface area contributed by atoms with E-state index < -0.39 is 29.6 Å². The lowest BCUT2D eigenvalue weighted by molar-refractivity contribution is 0.414. The van der Waals surface area contributed by atoms with E-state index in [0.717, 1.165) is 61.8 Å². The van der Waals surface area contributed by atoms with Crippen LogP contribution >= 0.6 is 0 Å². The number of ether oxygens (including phenoxy) is 1. The number of pyridine rings is 3. The molecule has 81 heavy (non-hydrogen) atoms. The molecule has 7 aromatic rings. The Labute approximate surface area is 489 Å². The van der Waals surface area contributed by atoms with Crippen molar-refractivity contribution in [2.75, 3.05) is 7.11 Å². The van der Waals surface area contributed by atoms with Gasteiger partial charge in [0.1, 0.15) is 64.1 Å². The predicted octanol–water partition coefficient (Wildman–Crippen LogP) is 16.8. The van der Waals surface area contributed by atoms with Gasteiger partial charge in [0, 0.05) is 16.7 Å². The Hall–Kier alpha value is -7.86. The van der Waals surface area contributed by atoms with E-state index in [-0.39, 0.29) is 0 Å². The second kappa shape index (κ2) is 26.6. The van der Waals surface area contributed by atoms with Crippen LogP contribution in [0.2, 0.25) is 52.9 Å². The van der Waals surface area contributed by atoms with E-state index in [9.17, 15) is 0 Å². The zero-order valence-electron chi connectivity index (χ0n) is 50.6. The number of benzene rings is 4. The Kier molecular flexibility index (Phi) is 20.0. The molecule has 0 aliphatic heterocycles. The fraction of sp³-hybridized carbons (Fsp3) is 0.311. The van der Waals surface area contributed by atoms with Gasteiger partial charge in [-0.15, -0.1) is 16.6 Å². The first-order valence-corrected chi connectivity index (χ1v) is 36.6. The average molecular weight is 1110 g/mol. The standard InChI is InChI=1S/C74H79N3OSi3/c1-54(2)80(55(3)4,56(5)6)52-49-71-24-18-21-68(76-71)44-33-61-28-37-64(38-29-61)74(66-41-46-73(78-13)47-42-66,63-35-26-60(27-36-63)32-43-67-20-17-23-70(75-67)48-51-79(14,15)16)65-39-30-62(31-40-65)34-45-69-22-19-25-72(77-69)50-53-81(57(7)8,58(9)10)59(11)12/h17-31,35-42,46-47,54-59H,1-16H3. The highest BCUT2D eigenvalue weighted by molar-refractivity contribution is 6.91. The lowest BCUT2D eigenvalue weighted by atomic mass is 9.65. The number of nitrogens with zero attached hydrogens (tertiary/aromatic N) is 3. The molecule has 7 heteroatoms. The van der Waals surface area contributed by atoms with Gasteiger partial charge in [0.05, 0.1) is 12.5 Å². The van der Waals surface area contributed by atoms with Crippen LogP contribution in [0.1, 0.15) is 156 Å². The van der Waals surface area contributed by atoms with E-state index in [4.69, 9.17) is 19.7 Å². The van der Waals surface area contributed by atoms with Gasteiger partial charge < -0.3 is 4.74 Å². The van der Waals surface area contributed by atoms with Crippen molar-refractivity contribution in [3.8, 4) is 75.7 Å². The lowest BCUT2D eigenvalue weighted by Gasteiger charge is -2.38. The lowest BCUT2D eigenvalue weighted by Crippen LogP contribution is -2.43. The van der Waals surface area contributed by atoms with Crippen molar-refractivity contribution < 1.29 is 4.74 Å². The Morgan fingerprint density at radius 1 is 0.321 bits per heavy atom. The van der Waals surface area contributed by atoms with Gasteiger partial charge in [-0.05, 0) is 158 Å². The molecule has 0 N–H and O–H groups in total. The molecule has 0 radical (unpaired) electrons. The minimum absolute atomic E-state index is 0.536. The molecule has 0 atom stereocenters. The van der Waals surface area contributed by atoms with Crippen molar-refractivity contribution in [1.29, 1.82) is 0 Å². The van der Waals surface area contributed by atoms with E-state index in [1.165, 1.54) is 0 Å². The van der Waals surface area contributed by atoms with Crippen molar-refractivity contribution in [2.45, 2.75) is 141 Å². The maximum absolute atomic E-state index is 5.72. The Bertz CT molecular complexity index is 3520. The van der Waals surface area contributed by atoms with Crippen molar-refractivity contribution in [3.63, 3.8) is 0 Å². The summed E-state index contributed by atoms with van der Waals surface area (Å²) in [5.41, 5.74) is 24.6. The fourth-order valence-electron chi connectivity index (χ4n) is 11.8. The summed E-state index contributed by atoms with van der Waals surface area (Å²) < 4.78 is 5.72. The topological polar surface area (TPSA) is 47.9 Å². The first-order chi connectivity index (χ1) is 38.6. The SMILES string of the molecule is COc1ccc(C(c2ccc(C#Cc3cccc(C#C[Si](C)(C)C)n3)cc2)(c2ccc(C#Cc3cccc(C#C[Si](C(C)C)(C(C)C)C(C)C)n3)cc2)c2ccc(C#Cc3cccc(C#C[Si](C(C)C)(C(C)C)C(C)C)n3)cc2)cc1. The molecule has 0 saturated carbocycles. The molecule has 0 unspecified atom stereocenters. The molecule has 0 amide bonds. The first kappa shape index (κ1) is 60.8. The third-order valence-corrected chi connectivity index (χ3v) is 29.3. The fourth-order valence-corrected chi connectivity index (χ4v) is 22.8. The quantitative estimate of drug-likeness (QED) is 0.0736. The van der Waals surface area contributed by atoms with Crippen LogP contribution in [0.4, 0.5) is 0 Å². The summed E-state index contributed by atoms with van der Waals surface area (Å²) in [7, 11) is -3.73. The zero-order chi connectivity index (χ0) is 58.5. The van der Waals surface area contributed by atoms with Crippen molar-refractivity contribution in [3.05, 3.63) is 225 Å². The molecule has 4 nitrogen and oxygen atoms in total. The summed E-state index contributed by atoms with van der Waals surface area (Å²) in [6.45, 7) is 34.7. The van der Waals surface area contributed by atoms with Crippen LogP contribution in [-0.2, 0) is 5.41 Å². The number of hydrogen-bond donors (Lipinski definition) is 0. The van der Waals surface area contributed by atoms with Crippen LogP contribution < -0.4 is 4.74 Å². The molecule has 0 aliphatic carbocycles. The smallest absolute Gasteiger partial charge is 0.146 e. The molecule has 0 saturated heterocycles. The third kappa shape index (κ3) is 14.4. The van der Waals surface area contributed by atoms with Crippen LogP contribution in [0.15, 0.2) is 152 Å². The van der Waals surface area contributed by atoms with Crippen LogP contribution in [-0.4, -0.2) is 46.3 Å². The van der Waals surface area contributed by atoms with Crippen LogP contribution in [0, 0.1) is 69.9 Å². The minimum atomic E-state index is -1.93. The van der Waals surface area contributed by atoms with Gasteiger partial charge in [-0.2, -0.15) is 0 Å². The highest BCUT2D eigenvalue weighted by Crippen LogP contribution is 2.46. The number of hydrogen-bond acceptors (Lipinski definition) is 4.